The molecule has 0 spiro atoms. The molecule has 0 saturated heterocycles. The van der Waals surface area contributed by atoms with Crippen molar-refractivity contribution in [2.24, 2.45) is 5.73 Å². The Kier molecular flexibility index (Phi) is 3.78. The number of carbonyl (C=O) groups is 1. The second kappa shape index (κ2) is 5.31. The highest BCUT2D eigenvalue weighted by atomic mass is 16.2. The van der Waals surface area contributed by atoms with E-state index in [1.165, 1.54) is 0 Å². The van der Waals surface area contributed by atoms with E-state index in [0.717, 1.165) is 32.2 Å². The number of rotatable bonds is 3. The van der Waals surface area contributed by atoms with Crippen molar-refractivity contribution in [3.05, 3.63) is 18.0 Å². The molecule has 0 radical (unpaired) electrons. The summed E-state index contributed by atoms with van der Waals surface area (Å²) in [6.07, 6.45) is 5.76. The van der Waals surface area contributed by atoms with Crippen molar-refractivity contribution in [3.63, 3.8) is 0 Å². The molecule has 2 rings (SSSR count). The molecule has 0 aromatic carbocycles. The molecule has 1 fully saturated rings. The molecule has 1 amide bonds. The van der Waals surface area contributed by atoms with Gasteiger partial charge in [-0.05, 0) is 38.7 Å². The van der Waals surface area contributed by atoms with Crippen LogP contribution in [0.4, 0.5) is 0 Å². The van der Waals surface area contributed by atoms with Gasteiger partial charge in [0.05, 0.1) is 0 Å². The number of hydrogen-bond acceptors (Lipinski definition) is 3. The van der Waals surface area contributed by atoms with Crippen molar-refractivity contribution >= 4 is 5.91 Å². The second-order valence-corrected chi connectivity index (χ2v) is 4.64. The lowest BCUT2D eigenvalue weighted by Crippen LogP contribution is -2.40. The topological polar surface area (TPSA) is 72.9 Å². The van der Waals surface area contributed by atoms with Crippen molar-refractivity contribution < 1.29 is 4.79 Å². The zero-order chi connectivity index (χ0) is 12.3. The Bertz CT molecular complexity index is 380. The smallest absolute Gasteiger partial charge is 0.271 e. The summed E-state index contributed by atoms with van der Waals surface area (Å²) >= 11 is 0. The Balaban J connectivity index is 1.88. The highest BCUT2D eigenvalue weighted by Gasteiger charge is 2.21. The number of hydrogen-bond donors (Lipinski definition) is 2. The standard InChI is InChI=1S/C12H20N4O/c1-2-16-8-7-11(15-16)12(17)14-10-5-3-9(13)4-6-10/h7-10H,2-6,13H2,1H3,(H,14,17)/t9-,10-. The van der Waals surface area contributed by atoms with Gasteiger partial charge in [-0.25, -0.2) is 0 Å². The van der Waals surface area contributed by atoms with Crippen LogP contribution in [0.3, 0.4) is 0 Å². The van der Waals surface area contributed by atoms with Gasteiger partial charge in [-0.15, -0.1) is 0 Å². The number of aryl methyl sites for hydroxylation is 1. The van der Waals surface area contributed by atoms with E-state index in [-0.39, 0.29) is 11.9 Å². The number of nitrogens with one attached hydrogen (secondary N) is 1. The van der Waals surface area contributed by atoms with Crippen molar-refractivity contribution in [1.82, 2.24) is 15.1 Å². The molecule has 94 valence electrons. The first-order chi connectivity index (χ1) is 8.19. The van der Waals surface area contributed by atoms with Crippen molar-refractivity contribution in [2.45, 2.75) is 51.2 Å². The summed E-state index contributed by atoms with van der Waals surface area (Å²) in [5, 5.41) is 7.21. The second-order valence-electron chi connectivity index (χ2n) is 4.64. The maximum absolute atomic E-state index is 11.9. The molecular weight excluding hydrogens is 216 g/mol. The number of amides is 1. The van der Waals surface area contributed by atoms with Crippen molar-refractivity contribution in [2.75, 3.05) is 0 Å². The molecule has 1 aromatic rings. The van der Waals surface area contributed by atoms with E-state index >= 15 is 0 Å². The average molecular weight is 236 g/mol. The van der Waals surface area contributed by atoms with Gasteiger partial charge in [0.25, 0.3) is 5.91 Å². The van der Waals surface area contributed by atoms with E-state index in [9.17, 15) is 4.79 Å². The molecule has 1 aliphatic rings. The predicted molar refractivity (Wildman–Crippen MR) is 65.6 cm³/mol. The van der Waals surface area contributed by atoms with Crippen molar-refractivity contribution in [1.29, 1.82) is 0 Å². The van der Waals surface area contributed by atoms with E-state index in [4.69, 9.17) is 5.73 Å². The average Bonchev–Trinajstić information content (AvgIpc) is 2.81. The molecule has 0 atom stereocenters. The van der Waals surface area contributed by atoms with Gasteiger partial charge in [-0.3, -0.25) is 9.48 Å². The molecule has 5 nitrogen and oxygen atoms in total. The van der Waals surface area contributed by atoms with E-state index in [1.54, 1.807) is 10.7 Å². The van der Waals surface area contributed by atoms with Gasteiger partial charge in [0.15, 0.2) is 0 Å². The Labute approximate surface area is 101 Å². The number of nitrogens with two attached hydrogens (primary N) is 1. The third-order valence-electron chi connectivity index (χ3n) is 3.30. The monoisotopic (exact) mass is 236 g/mol. The zero-order valence-electron chi connectivity index (χ0n) is 10.2. The van der Waals surface area contributed by atoms with Gasteiger partial charge in [0.2, 0.25) is 0 Å². The predicted octanol–water partition coefficient (Wildman–Crippen LogP) is 0.903. The lowest BCUT2D eigenvalue weighted by molar-refractivity contribution is 0.0920. The lowest BCUT2D eigenvalue weighted by Gasteiger charge is -2.26. The van der Waals surface area contributed by atoms with Crippen LogP contribution in [-0.4, -0.2) is 27.8 Å². The van der Waals surface area contributed by atoms with Gasteiger partial charge in [0.1, 0.15) is 5.69 Å². The Hall–Kier alpha value is -1.36. The van der Waals surface area contributed by atoms with Crippen LogP contribution in [0.1, 0.15) is 43.1 Å². The Morgan fingerprint density at radius 3 is 2.82 bits per heavy atom. The summed E-state index contributed by atoms with van der Waals surface area (Å²) in [6.45, 7) is 2.78. The minimum absolute atomic E-state index is 0.0716. The van der Waals surface area contributed by atoms with E-state index < -0.39 is 0 Å². The van der Waals surface area contributed by atoms with Crippen molar-refractivity contribution in [3.8, 4) is 0 Å². The fraction of sp³-hybridized carbons (Fsp3) is 0.667. The number of nitrogens with zero attached hydrogens (tertiary/aromatic N) is 2. The first-order valence-electron chi connectivity index (χ1n) is 6.29. The van der Waals surface area contributed by atoms with Crippen LogP contribution >= 0.6 is 0 Å². The molecule has 1 aliphatic carbocycles. The summed E-state index contributed by atoms with van der Waals surface area (Å²) in [4.78, 5) is 11.9. The van der Waals surface area contributed by atoms with Gasteiger partial charge in [-0.1, -0.05) is 0 Å². The number of aromatic nitrogens is 2. The molecular formula is C12H20N4O. The van der Waals surface area contributed by atoms with Crippen LogP contribution in [0.5, 0.6) is 0 Å². The first-order valence-corrected chi connectivity index (χ1v) is 6.29. The lowest BCUT2D eigenvalue weighted by atomic mass is 9.92. The normalized spacial score (nSPS) is 24.6. The van der Waals surface area contributed by atoms with E-state index in [2.05, 4.69) is 10.4 Å². The molecule has 0 aliphatic heterocycles. The van der Waals surface area contributed by atoms with Crippen LogP contribution in [-0.2, 0) is 6.54 Å². The fourth-order valence-corrected chi connectivity index (χ4v) is 2.18. The maximum atomic E-state index is 11.9. The van der Waals surface area contributed by atoms with Crippen LogP contribution < -0.4 is 11.1 Å². The van der Waals surface area contributed by atoms with Crippen LogP contribution in [0.25, 0.3) is 0 Å². The quantitative estimate of drug-likeness (QED) is 0.819. The maximum Gasteiger partial charge on any atom is 0.271 e. The van der Waals surface area contributed by atoms with Gasteiger partial charge >= 0.3 is 0 Å². The van der Waals surface area contributed by atoms with Crippen LogP contribution in [0, 0.1) is 0 Å². The SMILES string of the molecule is CCn1ccc(C(=O)N[C@H]2CC[C@H](N)CC2)n1. The molecule has 1 heterocycles. The summed E-state index contributed by atoms with van der Waals surface area (Å²) in [7, 11) is 0. The molecule has 3 N–H and O–H groups in total. The van der Waals surface area contributed by atoms with Crippen LogP contribution in [0.2, 0.25) is 0 Å². The molecule has 1 aromatic heterocycles. The zero-order valence-corrected chi connectivity index (χ0v) is 10.2. The highest BCUT2D eigenvalue weighted by molar-refractivity contribution is 5.92. The first kappa shape index (κ1) is 12.1. The van der Waals surface area contributed by atoms with Gasteiger partial charge in [0, 0.05) is 24.8 Å². The Morgan fingerprint density at radius 1 is 1.53 bits per heavy atom. The third-order valence-corrected chi connectivity index (χ3v) is 3.30. The fourth-order valence-electron chi connectivity index (χ4n) is 2.18. The molecule has 17 heavy (non-hydrogen) atoms. The van der Waals surface area contributed by atoms with E-state index in [1.807, 2.05) is 13.1 Å². The third kappa shape index (κ3) is 3.06. The largest absolute Gasteiger partial charge is 0.348 e. The summed E-state index contributed by atoms with van der Waals surface area (Å²) in [6, 6.07) is 2.32. The minimum atomic E-state index is -0.0716. The van der Waals surface area contributed by atoms with Crippen LogP contribution in [0.15, 0.2) is 12.3 Å². The molecule has 5 heteroatoms. The molecule has 1 saturated carbocycles. The summed E-state index contributed by atoms with van der Waals surface area (Å²) < 4.78 is 1.76. The Morgan fingerprint density at radius 2 is 2.24 bits per heavy atom. The summed E-state index contributed by atoms with van der Waals surface area (Å²) in [5.74, 6) is -0.0716. The minimum Gasteiger partial charge on any atom is -0.348 e. The highest BCUT2D eigenvalue weighted by Crippen LogP contribution is 2.17. The number of carbonyl (C=O) groups excluding carboxylic acids is 1. The summed E-state index contributed by atoms with van der Waals surface area (Å²) in [5.41, 5.74) is 6.33. The molecule has 0 unspecified atom stereocenters. The van der Waals surface area contributed by atoms with Gasteiger partial charge in [-0.2, -0.15) is 5.10 Å². The van der Waals surface area contributed by atoms with E-state index in [0.29, 0.717) is 11.7 Å². The molecule has 0 bridgehead atoms. The van der Waals surface area contributed by atoms with Gasteiger partial charge < -0.3 is 11.1 Å².